The third-order valence-corrected chi connectivity index (χ3v) is 3.78. The Labute approximate surface area is 157 Å². The zero-order valence-electron chi connectivity index (χ0n) is 14.7. The van der Waals surface area contributed by atoms with Crippen molar-refractivity contribution in [2.75, 3.05) is 13.2 Å². The maximum atomic E-state index is 12.3. The SMILES string of the molecule is O=C(NCCCOc1cc[nH]c1)c1ccc(O)c(OCc2cccnc2)c1. The number of phenolic OH excluding ortho intramolecular Hbond substituents is 1. The van der Waals surface area contributed by atoms with Gasteiger partial charge in [-0.15, -0.1) is 0 Å². The molecule has 3 rings (SSSR count). The molecule has 27 heavy (non-hydrogen) atoms. The lowest BCUT2D eigenvalue weighted by molar-refractivity contribution is 0.0951. The van der Waals surface area contributed by atoms with Crippen LogP contribution in [0.4, 0.5) is 0 Å². The predicted octanol–water partition coefficient (Wildman–Crippen LogP) is 2.89. The molecular formula is C20H21N3O4. The number of aromatic hydroxyl groups is 1. The monoisotopic (exact) mass is 367 g/mol. The topological polar surface area (TPSA) is 96.5 Å². The van der Waals surface area contributed by atoms with Crippen molar-refractivity contribution in [2.24, 2.45) is 0 Å². The molecule has 0 saturated carbocycles. The summed E-state index contributed by atoms with van der Waals surface area (Å²) in [5.74, 6) is 0.774. The molecule has 2 aromatic heterocycles. The van der Waals surface area contributed by atoms with Crippen molar-refractivity contribution in [3.05, 3.63) is 72.3 Å². The molecule has 0 aliphatic carbocycles. The lowest BCUT2D eigenvalue weighted by Crippen LogP contribution is -2.25. The summed E-state index contributed by atoms with van der Waals surface area (Å²) in [5, 5.41) is 12.8. The number of H-pyrrole nitrogens is 1. The lowest BCUT2D eigenvalue weighted by Gasteiger charge is -2.10. The zero-order chi connectivity index (χ0) is 18.9. The average molecular weight is 367 g/mol. The molecule has 140 valence electrons. The summed E-state index contributed by atoms with van der Waals surface area (Å²) in [7, 11) is 0. The number of aromatic nitrogens is 2. The van der Waals surface area contributed by atoms with E-state index in [1.54, 1.807) is 30.9 Å². The quantitative estimate of drug-likeness (QED) is 0.505. The van der Waals surface area contributed by atoms with E-state index in [1.807, 2.05) is 18.2 Å². The molecule has 2 heterocycles. The van der Waals surface area contributed by atoms with Crippen molar-refractivity contribution in [1.29, 1.82) is 0 Å². The van der Waals surface area contributed by atoms with Crippen molar-refractivity contribution in [2.45, 2.75) is 13.0 Å². The number of ether oxygens (including phenoxy) is 2. The van der Waals surface area contributed by atoms with E-state index >= 15 is 0 Å². The third-order valence-electron chi connectivity index (χ3n) is 3.78. The second-order valence-corrected chi connectivity index (χ2v) is 5.84. The molecule has 0 unspecified atom stereocenters. The summed E-state index contributed by atoms with van der Waals surface area (Å²) in [6.07, 6.45) is 7.59. The van der Waals surface area contributed by atoms with E-state index in [0.717, 1.165) is 11.3 Å². The van der Waals surface area contributed by atoms with Crippen LogP contribution in [-0.4, -0.2) is 34.1 Å². The minimum Gasteiger partial charge on any atom is -0.504 e. The smallest absolute Gasteiger partial charge is 0.251 e. The first-order valence-electron chi connectivity index (χ1n) is 8.61. The van der Waals surface area contributed by atoms with E-state index in [9.17, 15) is 9.90 Å². The molecule has 7 heteroatoms. The van der Waals surface area contributed by atoms with Crippen molar-refractivity contribution < 1.29 is 19.4 Å². The molecule has 0 atom stereocenters. The summed E-state index contributed by atoms with van der Waals surface area (Å²) >= 11 is 0. The van der Waals surface area contributed by atoms with Gasteiger partial charge in [-0.2, -0.15) is 0 Å². The average Bonchev–Trinajstić information content (AvgIpc) is 3.21. The van der Waals surface area contributed by atoms with E-state index < -0.39 is 0 Å². The lowest BCUT2D eigenvalue weighted by atomic mass is 10.2. The normalized spacial score (nSPS) is 10.4. The fourth-order valence-electron chi connectivity index (χ4n) is 2.38. The Kier molecular flexibility index (Phi) is 6.30. The van der Waals surface area contributed by atoms with Crippen molar-refractivity contribution >= 4 is 5.91 Å². The van der Waals surface area contributed by atoms with Gasteiger partial charge in [0.25, 0.3) is 5.91 Å². The van der Waals surface area contributed by atoms with Crippen LogP contribution >= 0.6 is 0 Å². The summed E-state index contributed by atoms with van der Waals surface area (Å²) in [4.78, 5) is 19.2. The molecular weight excluding hydrogens is 346 g/mol. The molecule has 1 amide bonds. The van der Waals surface area contributed by atoms with E-state index in [-0.39, 0.29) is 24.0 Å². The van der Waals surface area contributed by atoms with E-state index in [4.69, 9.17) is 9.47 Å². The Morgan fingerprint density at radius 2 is 2.15 bits per heavy atom. The number of carbonyl (C=O) groups excluding carboxylic acids is 1. The van der Waals surface area contributed by atoms with Crippen LogP contribution in [0, 0.1) is 0 Å². The first kappa shape index (κ1) is 18.3. The van der Waals surface area contributed by atoms with Crippen molar-refractivity contribution in [3.63, 3.8) is 0 Å². The number of pyridine rings is 1. The molecule has 0 aliphatic heterocycles. The Morgan fingerprint density at radius 3 is 2.93 bits per heavy atom. The largest absolute Gasteiger partial charge is 0.504 e. The minimum absolute atomic E-state index is 0.0182. The molecule has 1 aromatic carbocycles. The Morgan fingerprint density at radius 1 is 1.22 bits per heavy atom. The Bertz CT molecular complexity index is 851. The number of phenols is 1. The predicted molar refractivity (Wildman–Crippen MR) is 99.9 cm³/mol. The fourth-order valence-corrected chi connectivity index (χ4v) is 2.38. The number of hydrogen-bond acceptors (Lipinski definition) is 5. The second-order valence-electron chi connectivity index (χ2n) is 5.84. The highest BCUT2D eigenvalue weighted by atomic mass is 16.5. The number of rotatable bonds is 9. The molecule has 7 nitrogen and oxygen atoms in total. The molecule has 0 bridgehead atoms. The number of amides is 1. The van der Waals surface area contributed by atoms with Crippen LogP contribution in [0.5, 0.6) is 17.2 Å². The number of nitrogens with zero attached hydrogens (tertiary/aromatic N) is 1. The Hall–Kier alpha value is -3.48. The van der Waals surface area contributed by atoms with E-state index in [2.05, 4.69) is 15.3 Å². The number of hydrogen-bond donors (Lipinski definition) is 3. The first-order valence-corrected chi connectivity index (χ1v) is 8.61. The van der Waals surface area contributed by atoms with Crippen LogP contribution in [0.2, 0.25) is 0 Å². The van der Waals surface area contributed by atoms with Crippen molar-refractivity contribution in [3.8, 4) is 17.2 Å². The van der Waals surface area contributed by atoms with Crippen LogP contribution in [0.25, 0.3) is 0 Å². The molecule has 3 aromatic rings. The van der Waals surface area contributed by atoms with Gasteiger partial charge in [-0.05, 0) is 36.8 Å². The van der Waals surface area contributed by atoms with Gasteiger partial charge < -0.3 is 24.9 Å². The van der Waals surface area contributed by atoms with Gasteiger partial charge in [0.2, 0.25) is 0 Å². The van der Waals surface area contributed by atoms with Gasteiger partial charge in [0.1, 0.15) is 12.4 Å². The molecule has 0 aliphatic rings. The highest BCUT2D eigenvalue weighted by Crippen LogP contribution is 2.27. The zero-order valence-corrected chi connectivity index (χ0v) is 14.7. The first-order chi connectivity index (χ1) is 13.2. The van der Waals surface area contributed by atoms with Gasteiger partial charge in [-0.1, -0.05) is 6.07 Å². The summed E-state index contributed by atoms with van der Waals surface area (Å²) < 4.78 is 11.1. The summed E-state index contributed by atoms with van der Waals surface area (Å²) in [6, 6.07) is 10.0. The highest BCUT2D eigenvalue weighted by Gasteiger charge is 2.10. The number of carbonyl (C=O) groups is 1. The van der Waals surface area contributed by atoms with Gasteiger partial charge in [-0.3, -0.25) is 9.78 Å². The van der Waals surface area contributed by atoms with Gasteiger partial charge in [0, 0.05) is 42.5 Å². The van der Waals surface area contributed by atoms with Gasteiger partial charge in [0.15, 0.2) is 11.5 Å². The third kappa shape index (κ3) is 5.50. The Balaban J connectivity index is 1.47. The van der Waals surface area contributed by atoms with Gasteiger partial charge >= 0.3 is 0 Å². The molecule has 0 radical (unpaired) electrons. The molecule has 0 fully saturated rings. The van der Waals surface area contributed by atoms with Gasteiger partial charge in [-0.25, -0.2) is 0 Å². The van der Waals surface area contributed by atoms with Crippen molar-refractivity contribution in [1.82, 2.24) is 15.3 Å². The molecule has 3 N–H and O–H groups in total. The number of aromatic amines is 1. The number of nitrogens with one attached hydrogen (secondary N) is 2. The fraction of sp³-hybridized carbons (Fsp3) is 0.200. The molecule has 0 spiro atoms. The van der Waals surface area contributed by atoms with Gasteiger partial charge in [0.05, 0.1) is 6.61 Å². The summed E-state index contributed by atoms with van der Waals surface area (Å²) in [5.41, 5.74) is 1.29. The maximum Gasteiger partial charge on any atom is 0.251 e. The minimum atomic E-state index is -0.233. The summed E-state index contributed by atoms with van der Waals surface area (Å²) in [6.45, 7) is 1.24. The molecule has 0 saturated heterocycles. The van der Waals surface area contributed by atoms with Crippen LogP contribution in [-0.2, 0) is 6.61 Å². The maximum absolute atomic E-state index is 12.3. The van der Waals surface area contributed by atoms with Crippen LogP contribution in [0.1, 0.15) is 22.3 Å². The highest BCUT2D eigenvalue weighted by molar-refractivity contribution is 5.94. The van der Waals surface area contributed by atoms with E-state index in [0.29, 0.717) is 25.1 Å². The second kappa shape index (κ2) is 9.28. The number of benzene rings is 1. The van der Waals surface area contributed by atoms with Crippen LogP contribution in [0.3, 0.4) is 0 Å². The standard InChI is InChI=1S/C20H21N3O4/c24-18-5-4-16(11-19(18)27-14-15-3-1-7-21-12-15)20(25)23-8-2-10-26-17-6-9-22-13-17/h1,3-7,9,11-13,22,24H,2,8,10,14H2,(H,23,25). The van der Waals surface area contributed by atoms with Crippen LogP contribution < -0.4 is 14.8 Å². The van der Waals surface area contributed by atoms with Crippen LogP contribution in [0.15, 0.2) is 61.2 Å². The van der Waals surface area contributed by atoms with E-state index in [1.165, 1.54) is 12.1 Å².